The number of rotatable bonds is 2. The zero-order valence-electron chi connectivity index (χ0n) is 13.0. The standard InChI is InChI=1S/C15H20BNO5/c1-15(2,3)13(21-14(17)18)12-9-5-4-6-10-11(9)16(22-12)20-8-7-19-10/h4-6,12-13H,7-8H2,1-3H3,(H2,17,18)/t12?,13-/m1/s1. The molecule has 2 N–H and O–H groups in total. The summed E-state index contributed by atoms with van der Waals surface area (Å²) in [6.07, 6.45) is -1.77. The first-order chi connectivity index (χ1) is 10.4. The normalized spacial score (nSPS) is 21.6. The molecule has 2 heterocycles. The SMILES string of the molecule is CC(C)(C)[C@H](OC(N)=O)C1OB2OCCOc3cccc1c32. The highest BCUT2D eigenvalue weighted by molar-refractivity contribution is 6.64. The summed E-state index contributed by atoms with van der Waals surface area (Å²) in [6, 6.07) is 5.75. The molecule has 22 heavy (non-hydrogen) atoms. The number of benzene rings is 1. The van der Waals surface area contributed by atoms with Crippen LogP contribution >= 0.6 is 0 Å². The molecule has 0 spiro atoms. The number of hydrogen-bond donors (Lipinski definition) is 1. The third-order valence-corrected chi connectivity index (χ3v) is 3.89. The lowest BCUT2D eigenvalue weighted by atomic mass is 9.76. The van der Waals surface area contributed by atoms with Gasteiger partial charge in [0.1, 0.15) is 24.6 Å². The lowest BCUT2D eigenvalue weighted by Crippen LogP contribution is -2.39. The molecule has 1 unspecified atom stereocenters. The first-order valence-corrected chi connectivity index (χ1v) is 7.36. The van der Waals surface area contributed by atoms with E-state index in [1.807, 2.05) is 39.0 Å². The van der Waals surface area contributed by atoms with E-state index in [0.717, 1.165) is 16.8 Å². The molecular weight excluding hydrogens is 285 g/mol. The first kappa shape index (κ1) is 15.2. The van der Waals surface area contributed by atoms with Gasteiger partial charge in [0.05, 0.1) is 6.61 Å². The Morgan fingerprint density at radius 2 is 2.18 bits per heavy atom. The quantitative estimate of drug-likeness (QED) is 0.835. The van der Waals surface area contributed by atoms with Crippen molar-refractivity contribution in [3.05, 3.63) is 23.8 Å². The average Bonchev–Trinajstić information content (AvgIpc) is 2.65. The maximum atomic E-state index is 11.3. The van der Waals surface area contributed by atoms with Crippen LogP contribution in [0.3, 0.4) is 0 Å². The fourth-order valence-corrected chi connectivity index (χ4v) is 2.94. The van der Waals surface area contributed by atoms with Crippen LogP contribution in [-0.4, -0.2) is 32.5 Å². The van der Waals surface area contributed by atoms with E-state index in [1.165, 1.54) is 0 Å². The monoisotopic (exact) mass is 305 g/mol. The third-order valence-electron chi connectivity index (χ3n) is 3.89. The fraction of sp³-hybridized carbons (Fsp3) is 0.533. The molecular formula is C15H20BNO5. The van der Waals surface area contributed by atoms with Crippen molar-refractivity contribution in [2.45, 2.75) is 33.0 Å². The van der Waals surface area contributed by atoms with Crippen molar-refractivity contribution >= 4 is 18.7 Å². The van der Waals surface area contributed by atoms with Crippen LogP contribution < -0.4 is 15.9 Å². The van der Waals surface area contributed by atoms with Crippen LogP contribution in [-0.2, 0) is 14.0 Å². The van der Waals surface area contributed by atoms with Crippen LogP contribution in [0.5, 0.6) is 5.75 Å². The van der Waals surface area contributed by atoms with E-state index >= 15 is 0 Å². The molecule has 0 aliphatic carbocycles. The molecule has 3 rings (SSSR count). The maximum absolute atomic E-state index is 11.3. The molecule has 1 aromatic carbocycles. The van der Waals surface area contributed by atoms with Crippen LogP contribution in [0.15, 0.2) is 18.2 Å². The molecule has 1 amide bonds. The van der Waals surface area contributed by atoms with Gasteiger partial charge in [0, 0.05) is 10.9 Å². The number of carbonyl (C=O) groups is 1. The van der Waals surface area contributed by atoms with E-state index in [9.17, 15) is 4.79 Å². The second kappa shape index (κ2) is 5.48. The number of primary amides is 1. The Kier molecular flexibility index (Phi) is 3.78. The van der Waals surface area contributed by atoms with Gasteiger partial charge < -0.3 is 24.5 Å². The van der Waals surface area contributed by atoms with Crippen molar-refractivity contribution in [1.29, 1.82) is 0 Å². The third kappa shape index (κ3) is 2.66. The molecule has 0 fully saturated rings. The highest BCUT2D eigenvalue weighted by atomic mass is 16.6. The Balaban J connectivity index is 2.02. The summed E-state index contributed by atoms with van der Waals surface area (Å²) >= 11 is 0. The number of hydrogen-bond acceptors (Lipinski definition) is 5. The molecule has 1 aromatic rings. The summed E-state index contributed by atoms with van der Waals surface area (Å²) in [4.78, 5) is 11.3. The molecule has 0 aromatic heterocycles. The number of ether oxygens (including phenoxy) is 2. The van der Waals surface area contributed by atoms with Crippen LogP contribution in [0.2, 0.25) is 0 Å². The summed E-state index contributed by atoms with van der Waals surface area (Å²) in [5.74, 6) is 0.759. The molecule has 2 aliphatic heterocycles. The highest BCUT2D eigenvalue weighted by Crippen LogP contribution is 2.40. The molecule has 0 saturated carbocycles. The van der Waals surface area contributed by atoms with E-state index < -0.39 is 25.4 Å². The summed E-state index contributed by atoms with van der Waals surface area (Å²) in [6.45, 7) is 6.86. The minimum absolute atomic E-state index is 0.340. The van der Waals surface area contributed by atoms with Crippen molar-refractivity contribution in [2.75, 3.05) is 13.2 Å². The van der Waals surface area contributed by atoms with Crippen molar-refractivity contribution in [3.8, 4) is 5.75 Å². The zero-order valence-corrected chi connectivity index (χ0v) is 13.0. The van der Waals surface area contributed by atoms with Gasteiger partial charge in [-0.3, -0.25) is 0 Å². The van der Waals surface area contributed by atoms with Crippen molar-refractivity contribution in [1.82, 2.24) is 0 Å². The van der Waals surface area contributed by atoms with Gasteiger partial charge in [0.15, 0.2) is 0 Å². The lowest BCUT2D eigenvalue weighted by molar-refractivity contribution is -0.0447. The van der Waals surface area contributed by atoms with Gasteiger partial charge in [-0.2, -0.15) is 0 Å². The zero-order chi connectivity index (χ0) is 15.9. The summed E-state index contributed by atoms with van der Waals surface area (Å²) in [7, 11) is -0.500. The number of amides is 1. The fourth-order valence-electron chi connectivity index (χ4n) is 2.94. The van der Waals surface area contributed by atoms with Crippen molar-refractivity contribution in [2.24, 2.45) is 11.1 Å². The van der Waals surface area contributed by atoms with Gasteiger partial charge in [-0.05, 0) is 11.6 Å². The molecule has 7 heteroatoms. The molecule has 0 radical (unpaired) electrons. The minimum Gasteiger partial charge on any atom is -0.492 e. The lowest BCUT2D eigenvalue weighted by Gasteiger charge is -2.34. The molecule has 0 bridgehead atoms. The van der Waals surface area contributed by atoms with Crippen molar-refractivity contribution in [3.63, 3.8) is 0 Å². The van der Waals surface area contributed by atoms with Crippen LogP contribution in [0, 0.1) is 5.41 Å². The van der Waals surface area contributed by atoms with Gasteiger partial charge in [0.2, 0.25) is 0 Å². The summed E-state index contributed by atoms with van der Waals surface area (Å²) < 4.78 is 22.8. The van der Waals surface area contributed by atoms with Crippen LogP contribution in [0.1, 0.15) is 32.4 Å². The van der Waals surface area contributed by atoms with E-state index in [4.69, 9.17) is 24.5 Å². The van der Waals surface area contributed by atoms with Gasteiger partial charge in [0.25, 0.3) is 0 Å². The predicted molar refractivity (Wildman–Crippen MR) is 81.0 cm³/mol. The smallest absolute Gasteiger partial charge is 0.492 e. The molecule has 6 nitrogen and oxygen atoms in total. The Morgan fingerprint density at radius 1 is 1.41 bits per heavy atom. The van der Waals surface area contributed by atoms with E-state index in [2.05, 4.69) is 0 Å². The van der Waals surface area contributed by atoms with E-state index in [1.54, 1.807) is 0 Å². The highest BCUT2D eigenvalue weighted by Gasteiger charge is 2.48. The van der Waals surface area contributed by atoms with E-state index in [-0.39, 0.29) is 5.41 Å². The van der Waals surface area contributed by atoms with Gasteiger partial charge in [-0.25, -0.2) is 4.79 Å². The van der Waals surface area contributed by atoms with Gasteiger partial charge in [-0.1, -0.05) is 32.9 Å². The second-order valence-corrected chi connectivity index (χ2v) is 6.59. The molecule has 2 aliphatic rings. The van der Waals surface area contributed by atoms with E-state index in [0.29, 0.717) is 13.2 Å². The Bertz CT molecular complexity index is 586. The van der Waals surface area contributed by atoms with Gasteiger partial charge in [-0.15, -0.1) is 0 Å². The maximum Gasteiger partial charge on any atom is 0.498 e. The average molecular weight is 305 g/mol. The number of nitrogens with two attached hydrogens (primary N) is 1. The summed E-state index contributed by atoms with van der Waals surface area (Å²) in [5, 5.41) is 0. The predicted octanol–water partition coefficient (Wildman–Crippen LogP) is 1.37. The van der Waals surface area contributed by atoms with Crippen LogP contribution in [0.25, 0.3) is 0 Å². The summed E-state index contributed by atoms with van der Waals surface area (Å²) in [5.41, 5.74) is 6.70. The second-order valence-electron chi connectivity index (χ2n) is 6.59. The Morgan fingerprint density at radius 3 is 2.86 bits per heavy atom. The number of carbonyl (C=O) groups excluding carboxylic acids is 1. The minimum atomic E-state index is -0.811. The van der Waals surface area contributed by atoms with Gasteiger partial charge >= 0.3 is 13.2 Å². The largest absolute Gasteiger partial charge is 0.498 e. The first-order valence-electron chi connectivity index (χ1n) is 7.36. The molecule has 118 valence electrons. The van der Waals surface area contributed by atoms with Crippen molar-refractivity contribution < 1.29 is 23.6 Å². The topological polar surface area (TPSA) is 80.0 Å². The molecule has 0 saturated heterocycles. The Hall–Kier alpha value is -1.73. The Labute approximate surface area is 130 Å². The van der Waals surface area contributed by atoms with Crippen LogP contribution in [0.4, 0.5) is 4.79 Å². The molecule has 2 atom stereocenters.